The first-order valence-corrected chi connectivity index (χ1v) is 7.66. The van der Waals surface area contributed by atoms with Gasteiger partial charge in [-0.2, -0.15) is 0 Å². The number of amides is 1. The molecule has 8 nitrogen and oxygen atoms in total. The summed E-state index contributed by atoms with van der Waals surface area (Å²) >= 11 is 3.30. The van der Waals surface area contributed by atoms with E-state index in [4.69, 9.17) is 15.6 Å². The van der Waals surface area contributed by atoms with Gasteiger partial charge in [-0.3, -0.25) is 0 Å². The lowest BCUT2D eigenvalue weighted by molar-refractivity contribution is -0.239. The molecule has 20 heavy (non-hydrogen) atoms. The summed E-state index contributed by atoms with van der Waals surface area (Å²) in [6, 6.07) is -1.05. The predicted octanol–water partition coefficient (Wildman–Crippen LogP) is 0.669. The van der Waals surface area contributed by atoms with Crippen molar-refractivity contribution in [3.8, 4) is 0 Å². The van der Waals surface area contributed by atoms with E-state index in [1.54, 1.807) is 59.9 Å². The molecule has 4 unspecified atom stereocenters. The third-order valence-electron chi connectivity index (χ3n) is 2.65. The van der Waals surface area contributed by atoms with Crippen LogP contribution in [0.2, 0.25) is 0 Å². The zero-order valence-corrected chi connectivity index (χ0v) is 15.2. The Hall–Kier alpha value is 0.530. The van der Waals surface area contributed by atoms with Gasteiger partial charge in [-0.25, -0.2) is 4.79 Å². The van der Waals surface area contributed by atoms with Crippen LogP contribution < -0.4 is 5.32 Å². The molecule has 0 aliphatic carbocycles. The molecule has 0 saturated carbocycles. The van der Waals surface area contributed by atoms with E-state index in [9.17, 15) is 15.0 Å². The molecule has 0 spiro atoms. The van der Waals surface area contributed by atoms with Crippen molar-refractivity contribution in [2.75, 3.05) is 6.61 Å². The van der Waals surface area contributed by atoms with Crippen LogP contribution in [-0.4, -0.2) is 59.7 Å². The molecule has 0 aromatic rings. The quantitative estimate of drug-likeness (QED) is 0.461. The number of nitrogens with one attached hydrogen (secondary N) is 1. The second-order valence-corrected chi connectivity index (χ2v) is 5.64. The number of halogens is 2. The zero-order valence-electron chi connectivity index (χ0n) is 10.9. The highest BCUT2D eigenvalue weighted by molar-refractivity contribution is 14.1. The lowest BCUT2D eigenvalue weighted by Gasteiger charge is -2.41. The highest BCUT2D eigenvalue weighted by Crippen LogP contribution is 2.25. The van der Waals surface area contributed by atoms with Crippen LogP contribution in [-0.2, 0) is 15.6 Å². The van der Waals surface area contributed by atoms with Crippen LogP contribution in [0.3, 0.4) is 0 Å². The van der Waals surface area contributed by atoms with Crippen molar-refractivity contribution >= 4 is 52.1 Å². The minimum atomic E-state index is -1.39. The Morgan fingerprint density at radius 3 is 2.55 bits per heavy atom. The minimum absolute atomic E-state index is 0.130. The van der Waals surface area contributed by atoms with Crippen LogP contribution in [0.4, 0.5) is 4.79 Å². The van der Waals surface area contributed by atoms with Gasteiger partial charge in [0.05, 0.1) is 12.7 Å². The molecule has 118 valence electrons. The van der Waals surface area contributed by atoms with Gasteiger partial charge in [0.25, 0.3) is 0 Å². The number of aliphatic hydroxyl groups is 2. The normalized spacial score (nSPS) is 34.0. The van der Waals surface area contributed by atoms with Crippen LogP contribution in [0.15, 0.2) is 0 Å². The summed E-state index contributed by atoms with van der Waals surface area (Å²) in [4.78, 5) is 11.5. The summed E-state index contributed by atoms with van der Waals surface area (Å²) in [5, 5.41) is 22.4. The zero-order chi connectivity index (χ0) is 15.3. The van der Waals surface area contributed by atoms with E-state index < -0.39 is 36.7 Å². The van der Waals surface area contributed by atoms with Gasteiger partial charge in [0.15, 0.2) is 6.29 Å². The molecule has 3 N–H and O–H groups in total. The van der Waals surface area contributed by atoms with Crippen molar-refractivity contribution in [2.45, 2.75) is 50.6 Å². The van der Waals surface area contributed by atoms with Crippen molar-refractivity contribution < 1.29 is 30.6 Å². The van der Waals surface area contributed by atoms with Crippen LogP contribution >= 0.6 is 46.0 Å². The van der Waals surface area contributed by atoms with Gasteiger partial charge in [0.1, 0.15) is 70.4 Å². The van der Waals surface area contributed by atoms with Crippen molar-refractivity contribution in [3.63, 3.8) is 0 Å². The molecule has 1 saturated heterocycles. The van der Waals surface area contributed by atoms with Crippen molar-refractivity contribution in [3.05, 3.63) is 0 Å². The average molecular weight is 517 g/mol. The first-order chi connectivity index (χ1) is 9.40. The number of hydrogen-bond donors (Lipinski definition) is 3. The average Bonchev–Trinajstić information content (AvgIpc) is 2.34. The van der Waals surface area contributed by atoms with E-state index in [0.29, 0.717) is 0 Å². The fourth-order valence-electron chi connectivity index (χ4n) is 1.78. The van der Waals surface area contributed by atoms with Gasteiger partial charge in [-0.15, -0.1) is 0 Å². The Morgan fingerprint density at radius 1 is 1.40 bits per heavy atom. The SMILES string of the molecule is CC(C)OC(=O)NC1C(O)OC(COI)[C@@H](OI)C1O. The first-order valence-electron chi connectivity index (χ1n) is 5.90. The van der Waals surface area contributed by atoms with Gasteiger partial charge in [0, 0.05) is 0 Å². The summed E-state index contributed by atoms with van der Waals surface area (Å²) in [6.45, 7) is 3.51. The van der Waals surface area contributed by atoms with Crippen molar-refractivity contribution in [2.24, 2.45) is 0 Å². The Bertz CT molecular complexity index is 320. The number of alkyl carbamates (subject to hydrolysis) is 1. The minimum Gasteiger partial charge on any atom is -0.447 e. The van der Waals surface area contributed by atoms with E-state index in [2.05, 4.69) is 5.32 Å². The molecule has 0 aromatic heterocycles. The molecule has 10 heteroatoms. The Balaban J connectivity index is 2.70. The molecule has 1 heterocycles. The lowest BCUT2D eigenvalue weighted by Crippen LogP contribution is -2.64. The summed E-state index contributed by atoms with van der Waals surface area (Å²) in [5.74, 6) is 0. The third-order valence-corrected chi connectivity index (χ3v) is 3.60. The Kier molecular flexibility index (Phi) is 8.22. The van der Waals surface area contributed by atoms with Crippen LogP contribution in [0.1, 0.15) is 13.8 Å². The molecule has 1 aliphatic rings. The molecule has 1 fully saturated rings. The second-order valence-electron chi connectivity index (χ2n) is 4.51. The molecular weight excluding hydrogens is 500 g/mol. The van der Waals surface area contributed by atoms with E-state index in [1.807, 2.05) is 0 Å². The Morgan fingerprint density at radius 2 is 2.05 bits per heavy atom. The molecule has 1 amide bonds. The molecule has 5 atom stereocenters. The fourth-order valence-corrected chi connectivity index (χ4v) is 2.76. The predicted molar refractivity (Wildman–Crippen MR) is 84.3 cm³/mol. The van der Waals surface area contributed by atoms with Gasteiger partial charge in [0.2, 0.25) is 0 Å². The molecule has 0 bridgehead atoms. The molecule has 1 aliphatic heterocycles. The summed E-state index contributed by atoms with van der Waals surface area (Å²) in [6.07, 6.45) is -5.00. The number of ether oxygens (including phenoxy) is 2. The monoisotopic (exact) mass is 517 g/mol. The maximum absolute atomic E-state index is 11.5. The van der Waals surface area contributed by atoms with Crippen LogP contribution in [0, 0.1) is 0 Å². The standard InChI is InChI=1S/C10H17I2NO7/c1-4(2)18-10(16)13-6-7(14)8(20-12)5(3-17-11)19-9(6)15/h4-9,14-15H,3H2,1-2H3,(H,13,16)/t5?,6?,7?,8-,9?/m1/s1. The lowest BCUT2D eigenvalue weighted by atomic mass is 9.97. The number of carbonyl (C=O) groups excluding carboxylic acids is 1. The fraction of sp³-hybridized carbons (Fsp3) is 0.900. The third kappa shape index (κ3) is 5.06. The highest BCUT2D eigenvalue weighted by Gasteiger charge is 2.46. The molecule has 0 radical (unpaired) electrons. The van der Waals surface area contributed by atoms with Gasteiger partial charge >= 0.3 is 6.09 Å². The van der Waals surface area contributed by atoms with E-state index in [-0.39, 0.29) is 12.7 Å². The molecule has 1 rings (SSSR count). The summed E-state index contributed by atoms with van der Waals surface area (Å²) in [7, 11) is 0. The number of hydrogen-bond acceptors (Lipinski definition) is 7. The Labute approximate surface area is 144 Å². The maximum Gasteiger partial charge on any atom is 0.407 e. The number of aliphatic hydroxyl groups excluding tert-OH is 2. The maximum atomic E-state index is 11.5. The molecular formula is C10H17I2NO7. The van der Waals surface area contributed by atoms with Gasteiger partial charge in [-0.05, 0) is 13.8 Å². The van der Waals surface area contributed by atoms with E-state index >= 15 is 0 Å². The summed E-state index contributed by atoms with van der Waals surface area (Å²) < 4.78 is 20.2. The van der Waals surface area contributed by atoms with Crippen LogP contribution in [0.25, 0.3) is 0 Å². The summed E-state index contributed by atoms with van der Waals surface area (Å²) in [5.41, 5.74) is 0. The smallest absolute Gasteiger partial charge is 0.407 e. The number of carbonyl (C=O) groups is 1. The second kappa shape index (κ2) is 8.85. The topological polar surface area (TPSA) is 106 Å². The first kappa shape index (κ1) is 18.6. The van der Waals surface area contributed by atoms with Crippen LogP contribution in [0.5, 0.6) is 0 Å². The largest absolute Gasteiger partial charge is 0.447 e. The van der Waals surface area contributed by atoms with E-state index in [1.165, 1.54) is 0 Å². The van der Waals surface area contributed by atoms with Gasteiger partial charge < -0.3 is 31.1 Å². The van der Waals surface area contributed by atoms with Gasteiger partial charge in [-0.1, -0.05) is 0 Å². The van der Waals surface area contributed by atoms with Crippen molar-refractivity contribution in [1.29, 1.82) is 0 Å². The van der Waals surface area contributed by atoms with Crippen molar-refractivity contribution in [1.82, 2.24) is 5.32 Å². The number of rotatable bonds is 5. The molecule has 0 aromatic carbocycles. The van der Waals surface area contributed by atoms with E-state index in [0.717, 1.165) is 0 Å². The highest BCUT2D eigenvalue weighted by atomic mass is 127.